The Morgan fingerprint density at radius 1 is 1.25 bits per heavy atom. The summed E-state index contributed by atoms with van der Waals surface area (Å²) < 4.78 is 13.9. The molecule has 0 fully saturated rings. The lowest BCUT2D eigenvalue weighted by molar-refractivity contribution is 0.174. The van der Waals surface area contributed by atoms with Gasteiger partial charge in [-0.05, 0) is 41.1 Å². The molecule has 2 heterocycles. The number of ether oxygens (including phenoxy) is 2. The molecular weight excluding hydrogens is 222 g/mol. The van der Waals surface area contributed by atoms with Gasteiger partial charge in [0.2, 0.25) is 6.79 Å². The van der Waals surface area contributed by atoms with Crippen LogP contribution in [0.1, 0.15) is 5.56 Å². The second-order valence-electron chi connectivity index (χ2n) is 3.60. The number of fused-ring (bicyclic) bond motifs is 1. The second kappa shape index (κ2) is 4.14. The summed E-state index contributed by atoms with van der Waals surface area (Å²) in [5, 5.41) is 2.02. The van der Waals surface area contributed by atoms with E-state index >= 15 is 0 Å². The van der Waals surface area contributed by atoms with Gasteiger partial charge in [0.15, 0.2) is 11.5 Å². The minimum atomic E-state index is 0.332. The summed E-state index contributed by atoms with van der Waals surface area (Å²) >= 11 is 1.59. The van der Waals surface area contributed by atoms with Crippen LogP contribution in [0.15, 0.2) is 41.5 Å². The van der Waals surface area contributed by atoms with E-state index in [1.807, 2.05) is 23.6 Å². The molecule has 0 saturated carbocycles. The van der Waals surface area contributed by atoms with Gasteiger partial charge in [0, 0.05) is 12.1 Å². The topological polar surface area (TPSA) is 30.5 Å². The summed E-state index contributed by atoms with van der Waals surface area (Å²) in [4.78, 5) is 0. The minimum absolute atomic E-state index is 0.332. The summed E-state index contributed by atoms with van der Waals surface area (Å²) in [5.74, 6) is 1.68. The third kappa shape index (κ3) is 1.88. The molecule has 0 spiro atoms. The summed E-state index contributed by atoms with van der Waals surface area (Å²) in [6.07, 6.45) is 5.01. The first-order valence-corrected chi connectivity index (χ1v) is 5.96. The van der Waals surface area contributed by atoms with Crippen LogP contribution in [0.5, 0.6) is 11.5 Å². The van der Waals surface area contributed by atoms with Gasteiger partial charge in [-0.15, -0.1) is 0 Å². The average molecular weight is 233 g/mol. The zero-order valence-electron chi connectivity index (χ0n) is 8.60. The highest BCUT2D eigenvalue weighted by Crippen LogP contribution is 2.33. The van der Waals surface area contributed by atoms with Crippen LogP contribution < -0.4 is 14.2 Å². The van der Waals surface area contributed by atoms with Crippen LogP contribution in [0.2, 0.25) is 0 Å². The van der Waals surface area contributed by atoms with Gasteiger partial charge >= 0.3 is 0 Å². The Balaban J connectivity index is 1.80. The Bertz CT molecular complexity index is 468. The van der Waals surface area contributed by atoms with E-state index in [0.29, 0.717) is 6.79 Å². The Morgan fingerprint density at radius 3 is 3.06 bits per heavy atom. The van der Waals surface area contributed by atoms with Crippen molar-refractivity contribution in [1.82, 2.24) is 4.72 Å². The lowest BCUT2D eigenvalue weighted by Crippen LogP contribution is -2.07. The zero-order chi connectivity index (χ0) is 10.8. The number of rotatable bonds is 2. The molecule has 0 amide bonds. The Hall–Kier alpha value is -1.55. The molecule has 1 aromatic carbocycles. The molecule has 1 N–H and O–H groups in total. The maximum absolute atomic E-state index is 5.35. The van der Waals surface area contributed by atoms with Crippen LogP contribution in [0.25, 0.3) is 0 Å². The number of benzene rings is 1. The zero-order valence-corrected chi connectivity index (χ0v) is 9.42. The largest absolute Gasteiger partial charge is 0.454 e. The third-order valence-corrected chi connectivity index (χ3v) is 3.14. The van der Waals surface area contributed by atoms with E-state index < -0.39 is 0 Å². The van der Waals surface area contributed by atoms with Crippen LogP contribution in [0, 0.1) is 0 Å². The van der Waals surface area contributed by atoms with Crippen molar-refractivity contribution in [3.05, 3.63) is 47.0 Å². The molecule has 0 bridgehead atoms. The van der Waals surface area contributed by atoms with E-state index in [1.165, 1.54) is 11.3 Å². The molecule has 82 valence electrons. The van der Waals surface area contributed by atoms with Gasteiger partial charge in [0.25, 0.3) is 0 Å². The minimum Gasteiger partial charge on any atom is -0.454 e. The van der Waals surface area contributed by atoms with Crippen molar-refractivity contribution in [2.24, 2.45) is 0 Å². The lowest BCUT2D eigenvalue weighted by Gasteiger charge is -2.11. The van der Waals surface area contributed by atoms with Crippen molar-refractivity contribution >= 4 is 11.9 Å². The highest BCUT2D eigenvalue weighted by atomic mass is 32.2. The summed E-state index contributed by atoms with van der Waals surface area (Å²) in [6, 6.07) is 6.07. The molecule has 0 radical (unpaired) electrons. The number of hydrogen-bond acceptors (Lipinski definition) is 4. The number of allylic oxidation sites excluding steroid dienone is 3. The van der Waals surface area contributed by atoms with Gasteiger partial charge in [-0.1, -0.05) is 12.1 Å². The fraction of sp³-hybridized carbons (Fsp3) is 0.167. The molecule has 0 atom stereocenters. The number of nitrogens with one attached hydrogen (secondary N) is 1. The predicted molar refractivity (Wildman–Crippen MR) is 64.2 cm³/mol. The smallest absolute Gasteiger partial charge is 0.231 e. The van der Waals surface area contributed by atoms with Crippen molar-refractivity contribution in [3.8, 4) is 11.5 Å². The lowest BCUT2D eigenvalue weighted by atomic mass is 10.1. The summed E-state index contributed by atoms with van der Waals surface area (Å²) in [6.45, 7) is 0.332. The van der Waals surface area contributed by atoms with Crippen LogP contribution in [-0.2, 0) is 6.42 Å². The van der Waals surface area contributed by atoms with Crippen molar-refractivity contribution in [2.45, 2.75) is 6.42 Å². The Morgan fingerprint density at radius 2 is 2.19 bits per heavy atom. The molecule has 2 aliphatic heterocycles. The highest BCUT2D eigenvalue weighted by molar-refractivity contribution is 8.00. The van der Waals surface area contributed by atoms with Crippen LogP contribution in [0.3, 0.4) is 0 Å². The molecule has 3 rings (SSSR count). The van der Waals surface area contributed by atoms with Gasteiger partial charge in [-0.2, -0.15) is 0 Å². The molecule has 2 aliphatic rings. The number of hydrogen-bond donors (Lipinski definition) is 1. The van der Waals surface area contributed by atoms with Gasteiger partial charge in [0.1, 0.15) is 0 Å². The molecule has 0 saturated heterocycles. The Kier molecular flexibility index (Phi) is 2.50. The van der Waals surface area contributed by atoms with Crippen LogP contribution in [0.4, 0.5) is 0 Å². The third-order valence-electron chi connectivity index (χ3n) is 2.47. The van der Waals surface area contributed by atoms with E-state index in [-0.39, 0.29) is 0 Å². The monoisotopic (exact) mass is 233 g/mol. The maximum atomic E-state index is 5.35. The first kappa shape index (κ1) is 9.66. The molecule has 3 nitrogen and oxygen atoms in total. The molecule has 16 heavy (non-hydrogen) atoms. The standard InChI is InChI=1S/C12H11NO2S/c1-2-10(13-16-5-1)6-9-3-4-11-12(7-9)15-8-14-11/h1-5,7,13H,6,8H2. The normalized spacial score (nSPS) is 16.9. The summed E-state index contributed by atoms with van der Waals surface area (Å²) in [5.41, 5.74) is 2.42. The SMILES string of the molecule is C1=CSNC(Cc2ccc3c(c2)OCO3)=C1. The quantitative estimate of drug-likeness (QED) is 0.795. The predicted octanol–water partition coefficient (Wildman–Crippen LogP) is 2.61. The highest BCUT2D eigenvalue weighted by Gasteiger charge is 2.13. The van der Waals surface area contributed by atoms with Crippen molar-refractivity contribution < 1.29 is 9.47 Å². The molecule has 0 aromatic heterocycles. The molecular formula is C12H11NO2S. The van der Waals surface area contributed by atoms with E-state index in [0.717, 1.165) is 17.9 Å². The second-order valence-corrected chi connectivity index (χ2v) is 4.32. The van der Waals surface area contributed by atoms with Crippen molar-refractivity contribution in [2.75, 3.05) is 6.79 Å². The van der Waals surface area contributed by atoms with Crippen LogP contribution >= 0.6 is 11.9 Å². The first-order chi connectivity index (χ1) is 7.92. The molecule has 0 unspecified atom stereocenters. The van der Waals surface area contributed by atoms with E-state index in [9.17, 15) is 0 Å². The average Bonchev–Trinajstić information content (AvgIpc) is 2.77. The molecule has 0 aliphatic carbocycles. The van der Waals surface area contributed by atoms with E-state index in [4.69, 9.17) is 9.47 Å². The van der Waals surface area contributed by atoms with Gasteiger partial charge < -0.3 is 14.2 Å². The first-order valence-electron chi connectivity index (χ1n) is 5.08. The fourth-order valence-corrected chi connectivity index (χ4v) is 2.22. The van der Waals surface area contributed by atoms with E-state index in [1.54, 1.807) is 11.9 Å². The fourth-order valence-electron chi connectivity index (χ4n) is 1.70. The van der Waals surface area contributed by atoms with Crippen molar-refractivity contribution in [3.63, 3.8) is 0 Å². The molecule has 4 heteroatoms. The maximum Gasteiger partial charge on any atom is 0.231 e. The summed E-state index contributed by atoms with van der Waals surface area (Å²) in [7, 11) is 0. The van der Waals surface area contributed by atoms with E-state index in [2.05, 4.69) is 16.9 Å². The van der Waals surface area contributed by atoms with Gasteiger partial charge in [-0.3, -0.25) is 0 Å². The van der Waals surface area contributed by atoms with Gasteiger partial charge in [-0.25, -0.2) is 0 Å². The van der Waals surface area contributed by atoms with Crippen molar-refractivity contribution in [1.29, 1.82) is 0 Å². The Labute approximate surface area is 98.3 Å². The van der Waals surface area contributed by atoms with Crippen LogP contribution in [-0.4, -0.2) is 6.79 Å². The van der Waals surface area contributed by atoms with Gasteiger partial charge in [0.05, 0.1) is 0 Å². The molecule has 1 aromatic rings.